The molecule has 5 rings (SSSR count). The molecule has 0 unspecified atom stereocenters. The van der Waals surface area contributed by atoms with Crippen LogP contribution in [0.15, 0.2) is 77.7 Å². The summed E-state index contributed by atoms with van der Waals surface area (Å²) in [7, 11) is -1.86. The molecule has 0 bridgehead atoms. The van der Waals surface area contributed by atoms with Gasteiger partial charge in [-0.2, -0.15) is 4.98 Å². The number of benzene rings is 3. The second-order valence-corrected chi connectivity index (χ2v) is 12.7. The molecule has 4 aromatic rings. The highest BCUT2D eigenvalue weighted by Gasteiger charge is 2.23. The molecule has 3 aromatic carbocycles. The van der Waals surface area contributed by atoms with E-state index in [0.717, 1.165) is 67.7 Å². The second-order valence-electron chi connectivity index (χ2n) is 10.5. The molecular weight excluding hydrogens is 558 g/mol. The first-order valence-corrected chi connectivity index (χ1v) is 15.9. The summed E-state index contributed by atoms with van der Waals surface area (Å²) in [6, 6.07) is 22.4. The van der Waals surface area contributed by atoms with E-state index in [0.29, 0.717) is 29.4 Å². The Labute approximate surface area is 247 Å². The molecule has 0 saturated heterocycles. The number of nitrogens with one attached hydrogen (secondary N) is 3. The third-order valence-electron chi connectivity index (χ3n) is 7.67. The van der Waals surface area contributed by atoms with Gasteiger partial charge < -0.3 is 15.4 Å². The summed E-state index contributed by atoms with van der Waals surface area (Å²) in [6.45, 7) is 1.98. The molecule has 1 aromatic heterocycles. The molecule has 0 radical (unpaired) electrons. The average Bonchev–Trinajstić information content (AvgIpc) is 3.00. The van der Waals surface area contributed by atoms with E-state index in [2.05, 4.69) is 27.5 Å². The minimum Gasteiger partial charge on any atom is -0.497 e. The summed E-state index contributed by atoms with van der Waals surface area (Å²) >= 11 is 5.89. The Kier molecular flexibility index (Phi) is 9.59. The van der Waals surface area contributed by atoms with Gasteiger partial charge in [-0.25, -0.2) is 18.1 Å². The maximum atomic E-state index is 12.6. The minimum absolute atomic E-state index is 0.241. The van der Waals surface area contributed by atoms with Crippen LogP contribution in [-0.2, 0) is 16.4 Å². The number of fused-ring (bicyclic) bond motifs is 1. The Morgan fingerprint density at radius 3 is 2.24 bits per heavy atom. The predicted octanol–water partition coefficient (Wildman–Crippen LogP) is 6.14. The van der Waals surface area contributed by atoms with Crippen molar-refractivity contribution in [2.45, 2.75) is 37.0 Å². The number of hydrogen-bond acceptors (Lipinski definition) is 7. The molecular formula is C31H36ClN5O3S. The van der Waals surface area contributed by atoms with Crippen LogP contribution in [0.5, 0.6) is 5.75 Å². The van der Waals surface area contributed by atoms with Gasteiger partial charge in [0.25, 0.3) is 0 Å². The van der Waals surface area contributed by atoms with Crippen molar-refractivity contribution in [2.24, 2.45) is 11.8 Å². The zero-order valence-electron chi connectivity index (χ0n) is 23.1. The molecule has 0 spiro atoms. The van der Waals surface area contributed by atoms with Crippen molar-refractivity contribution in [3.8, 4) is 5.75 Å². The van der Waals surface area contributed by atoms with Crippen molar-refractivity contribution in [2.75, 3.05) is 37.4 Å². The summed E-state index contributed by atoms with van der Waals surface area (Å²) in [5.74, 6) is 3.11. The van der Waals surface area contributed by atoms with Gasteiger partial charge in [0.2, 0.25) is 16.0 Å². The normalized spacial score (nSPS) is 17.3. The lowest BCUT2D eigenvalue weighted by Crippen LogP contribution is -2.32. The van der Waals surface area contributed by atoms with Crippen LogP contribution < -0.4 is 20.1 Å². The number of rotatable bonds is 12. The van der Waals surface area contributed by atoms with Gasteiger partial charge in [0.1, 0.15) is 11.6 Å². The smallest absolute Gasteiger partial charge is 0.240 e. The quantitative estimate of drug-likeness (QED) is 0.181. The van der Waals surface area contributed by atoms with Crippen LogP contribution in [0.2, 0.25) is 5.02 Å². The van der Waals surface area contributed by atoms with Gasteiger partial charge in [0, 0.05) is 30.0 Å². The van der Waals surface area contributed by atoms with E-state index in [4.69, 9.17) is 26.3 Å². The number of aromatic nitrogens is 2. The highest BCUT2D eigenvalue weighted by molar-refractivity contribution is 7.89. The van der Waals surface area contributed by atoms with Crippen molar-refractivity contribution in [1.82, 2.24) is 14.7 Å². The van der Waals surface area contributed by atoms with Crippen molar-refractivity contribution in [1.29, 1.82) is 0 Å². The standard InChI is InChI=1S/C31H36ClN5O3S/c1-40-26-14-10-22(11-15-26)18-19-33-30-28-4-2-3-5-29(28)36-31(37-30)34-20-23-6-8-24(9-7-23)21-35-41(38,39)27-16-12-25(32)13-17-27/h2-5,10-17,23-24,35H,6-9,18-21H2,1H3,(H2,33,34,36,37)/t23-,24-. The summed E-state index contributed by atoms with van der Waals surface area (Å²) in [6.07, 6.45) is 4.88. The lowest BCUT2D eigenvalue weighted by molar-refractivity contribution is 0.284. The molecule has 0 amide bonds. The van der Waals surface area contributed by atoms with Crippen LogP contribution in [-0.4, -0.2) is 45.1 Å². The van der Waals surface area contributed by atoms with Crippen LogP contribution >= 0.6 is 11.6 Å². The topological polar surface area (TPSA) is 105 Å². The molecule has 41 heavy (non-hydrogen) atoms. The van der Waals surface area contributed by atoms with Gasteiger partial charge in [-0.1, -0.05) is 35.9 Å². The lowest BCUT2D eigenvalue weighted by atomic mass is 9.82. The second kappa shape index (κ2) is 13.5. The molecule has 1 aliphatic carbocycles. The zero-order valence-corrected chi connectivity index (χ0v) is 24.7. The van der Waals surface area contributed by atoms with E-state index in [-0.39, 0.29) is 4.90 Å². The van der Waals surface area contributed by atoms with Gasteiger partial charge in [-0.3, -0.25) is 0 Å². The van der Waals surface area contributed by atoms with Crippen molar-refractivity contribution in [3.05, 3.63) is 83.4 Å². The fourth-order valence-electron chi connectivity index (χ4n) is 5.21. The Morgan fingerprint density at radius 2 is 1.54 bits per heavy atom. The largest absolute Gasteiger partial charge is 0.497 e. The number of hydrogen-bond donors (Lipinski definition) is 3. The first kappa shape index (κ1) is 29.1. The maximum absolute atomic E-state index is 12.6. The van der Waals surface area contributed by atoms with Gasteiger partial charge >= 0.3 is 0 Å². The molecule has 0 atom stereocenters. The predicted molar refractivity (Wildman–Crippen MR) is 165 cm³/mol. The fourth-order valence-corrected chi connectivity index (χ4v) is 6.45. The van der Waals surface area contributed by atoms with E-state index in [9.17, 15) is 8.42 Å². The molecule has 8 nitrogen and oxygen atoms in total. The van der Waals surface area contributed by atoms with Gasteiger partial charge in [0.15, 0.2) is 0 Å². The molecule has 3 N–H and O–H groups in total. The van der Waals surface area contributed by atoms with E-state index < -0.39 is 10.0 Å². The Balaban J connectivity index is 1.12. The van der Waals surface area contributed by atoms with Crippen LogP contribution in [0.4, 0.5) is 11.8 Å². The number of anilines is 2. The van der Waals surface area contributed by atoms with Gasteiger partial charge in [-0.05, 0) is 98.0 Å². The van der Waals surface area contributed by atoms with Gasteiger partial charge in [0.05, 0.1) is 17.5 Å². The summed E-state index contributed by atoms with van der Waals surface area (Å²) < 4.78 is 33.2. The first-order chi connectivity index (χ1) is 19.9. The lowest BCUT2D eigenvalue weighted by Gasteiger charge is -2.28. The Morgan fingerprint density at radius 1 is 0.854 bits per heavy atom. The summed E-state index contributed by atoms with van der Waals surface area (Å²) in [4.78, 5) is 9.80. The van der Waals surface area contributed by atoms with Crippen molar-refractivity contribution in [3.63, 3.8) is 0 Å². The summed E-state index contributed by atoms with van der Waals surface area (Å²) in [5, 5.41) is 8.48. The number of ether oxygens (including phenoxy) is 1. The van der Waals surface area contributed by atoms with E-state index >= 15 is 0 Å². The average molecular weight is 594 g/mol. The highest BCUT2D eigenvalue weighted by atomic mass is 35.5. The number of methoxy groups -OCH3 is 1. The fraction of sp³-hybridized carbons (Fsp3) is 0.355. The number of sulfonamides is 1. The molecule has 10 heteroatoms. The van der Waals surface area contributed by atoms with E-state index in [1.807, 2.05) is 36.4 Å². The molecule has 1 saturated carbocycles. The number of para-hydroxylation sites is 1. The van der Waals surface area contributed by atoms with Crippen LogP contribution in [0.25, 0.3) is 10.9 Å². The van der Waals surface area contributed by atoms with Crippen LogP contribution in [0.1, 0.15) is 31.2 Å². The first-order valence-electron chi connectivity index (χ1n) is 14.0. The van der Waals surface area contributed by atoms with E-state index in [1.165, 1.54) is 17.7 Å². The number of halogens is 1. The van der Waals surface area contributed by atoms with Crippen molar-refractivity contribution >= 4 is 44.3 Å². The third-order valence-corrected chi connectivity index (χ3v) is 9.36. The SMILES string of the molecule is COc1ccc(CCNc2nc(NC[C@H]3CC[C@H](CNS(=O)(=O)c4ccc(Cl)cc4)CC3)nc3ccccc23)cc1. The van der Waals surface area contributed by atoms with Crippen molar-refractivity contribution < 1.29 is 13.2 Å². The van der Waals surface area contributed by atoms with E-state index in [1.54, 1.807) is 19.2 Å². The minimum atomic E-state index is -3.53. The maximum Gasteiger partial charge on any atom is 0.240 e. The molecule has 1 heterocycles. The van der Waals surface area contributed by atoms with Gasteiger partial charge in [-0.15, -0.1) is 0 Å². The van der Waals surface area contributed by atoms with Crippen LogP contribution in [0.3, 0.4) is 0 Å². The Hall–Kier alpha value is -3.40. The Bertz CT molecular complexity index is 1540. The van der Waals surface area contributed by atoms with Crippen LogP contribution in [0, 0.1) is 11.8 Å². The molecule has 1 fully saturated rings. The third kappa shape index (κ3) is 7.87. The zero-order chi connectivity index (χ0) is 28.7. The number of nitrogens with zero attached hydrogens (tertiary/aromatic N) is 2. The molecule has 216 valence electrons. The molecule has 1 aliphatic rings. The molecule has 0 aliphatic heterocycles. The monoisotopic (exact) mass is 593 g/mol. The summed E-state index contributed by atoms with van der Waals surface area (Å²) in [5.41, 5.74) is 2.12. The highest BCUT2D eigenvalue weighted by Crippen LogP contribution is 2.29.